The van der Waals surface area contributed by atoms with Crippen molar-refractivity contribution in [2.75, 3.05) is 45.2 Å². The number of esters is 1. The molecule has 3 heterocycles. The minimum absolute atomic E-state index is 0.119. The van der Waals surface area contributed by atoms with Gasteiger partial charge in [0.15, 0.2) is 0 Å². The second-order valence-corrected chi connectivity index (χ2v) is 12.4. The lowest BCUT2D eigenvalue weighted by Gasteiger charge is -2.34. The average molecular weight is 617 g/mol. The number of methoxy groups -OCH3 is 1. The molecule has 0 spiro atoms. The third-order valence-corrected chi connectivity index (χ3v) is 9.70. The molecule has 7 nitrogen and oxygen atoms in total. The Kier molecular flexibility index (Phi) is 8.49. The number of aryl methyl sites for hydroxylation is 2. The van der Waals surface area contributed by atoms with Crippen molar-refractivity contribution in [1.29, 1.82) is 0 Å². The molecule has 5 rings (SSSR count). The molecule has 0 saturated carbocycles. The molecule has 208 valence electrons. The SMILES string of the molecule is COC(=O)c1c(-c2cc(C)ccc2C)csc1NC(=O)CN1CCN(C(=O)c2sc3cc(Cl)ccc3c2Cl)CC1. The van der Waals surface area contributed by atoms with Gasteiger partial charge in [-0.1, -0.05) is 53.0 Å². The zero-order chi connectivity index (χ0) is 28.6. The third-order valence-electron chi connectivity index (χ3n) is 6.93. The molecule has 0 radical (unpaired) electrons. The van der Waals surface area contributed by atoms with Crippen LogP contribution in [0.2, 0.25) is 10.0 Å². The van der Waals surface area contributed by atoms with E-state index in [1.165, 1.54) is 29.8 Å². The molecule has 1 N–H and O–H groups in total. The summed E-state index contributed by atoms with van der Waals surface area (Å²) in [7, 11) is 1.33. The van der Waals surface area contributed by atoms with Crippen molar-refractivity contribution in [3.8, 4) is 11.1 Å². The number of fused-ring (bicyclic) bond motifs is 1. The van der Waals surface area contributed by atoms with Gasteiger partial charge < -0.3 is 15.0 Å². The van der Waals surface area contributed by atoms with Crippen LogP contribution in [-0.4, -0.2) is 67.4 Å². The van der Waals surface area contributed by atoms with Crippen molar-refractivity contribution in [3.63, 3.8) is 0 Å². The van der Waals surface area contributed by atoms with Crippen LogP contribution in [0, 0.1) is 13.8 Å². The standard InChI is InChI=1S/C29H27Cl2N3O4S2/c1-16-4-5-17(2)20(12-16)21-15-39-27(24(21)29(37)38-3)32-23(35)14-33-8-10-34(11-9-33)28(36)26-25(31)19-7-6-18(30)13-22(19)40-26/h4-7,12-13,15H,8-11,14H2,1-3H3,(H,32,35). The van der Waals surface area contributed by atoms with Crippen LogP contribution in [0.3, 0.4) is 0 Å². The summed E-state index contributed by atoms with van der Waals surface area (Å²) in [6.45, 7) is 6.14. The van der Waals surface area contributed by atoms with Gasteiger partial charge in [0.05, 0.1) is 18.7 Å². The van der Waals surface area contributed by atoms with Crippen LogP contribution in [0.1, 0.15) is 31.2 Å². The van der Waals surface area contributed by atoms with Gasteiger partial charge in [-0.3, -0.25) is 14.5 Å². The molecular formula is C29H27Cl2N3O4S2. The molecule has 0 aliphatic carbocycles. The lowest BCUT2D eigenvalue weighted by molar-refractivity contribution is -0.117. The van der Waals surface area contributed by atoms with E-state index in [4.69, 9.17) is 27.9 Å². The maximum atomic E-state index is 13.2. The Bertz CT molecular complexity index is 1620. The number of rotatable bonds is 6. The Morgan fingerprint density at radius 3 is 2.48 bits per heavy atom. The lowest BCUT2D eigenvalue weighted by Crippen LogP contribution is -2.50. The molecule has 1 fully saturated rings. The van der Waals surface area contributed by atoms with Crippen LogP contribution >= 0.6 is 45.9 Å². The predicted molar refractivity (Wildman–Crippen MR) is 163 cm³/mol. The Hall–Kier alpha value is -2.95. The molecule has 0 unspecified atom stereocenters. The van der Waals surface area contributed by atoms with Gasteiger partial charge in [-0.2, -0.15) is 0 Å². The van der Waals surface area contributed by atoms with Crippen molar-refractivity contribution in [2.45, 2.75) is 13.8 Å². The molecule has 11 heteroatoms. The smallest absolute Gasteiger partial charge is 0.341 e. The summed E-state index contributed by atoms with van der Waals surface area (Å²) < 4.78 is 5.93. The van der Waals surface area contributed by atoms with Gasteiger partial charge in [0.25, 0.3) is 5.91 Å². The van der Waals surface area contributed by atoms with E-state index in [1.807, 2.05) is 54.5 Å². The maximum absolute atomic E-state index is 13.2. The number of amides is 2. The van der Waals surface area contributed by atoms with E-state index in [2.05, 4.69) is 5.32 Å². The number of nitrogens with zero attached hydrogens (tertiary/aromatic N) is 2. The van der Waals surface area contributed by atoms with E-state index < -0.39 is 5.97 Å². The Morgan fingerprint density at radius 2 is 1.75 bits per heavy atom. The van der Waals surface area contributed by atoms with Crippen LogP contribution in [0.25, 0.3) is 21.2 Å². The Balaban J connectivity index is 1.23. The van der Waals surface area contributed by atoms with Crippen LogP contribution in [0.4, 0.5) is 5.00 Å². The predicted octanol–water partition coefficient (Wildman–Crippen LogP) is 6.74. The first-order valence-electron chi connectivity index (χ1n) is 12.6. The van der Waals surface area contributed by atoms with Gasteiger partial charge in [-0.05, 0) is 37.1 Å². The van der Waals surface area contributed by atoms with Crippen LogP contribution in [0.15, 0.2) is 41.8 Å². The highest BCUT2D eigenvalue weighted by Crippen LogP contribution is 2.39. The van der Waals surface area contributed by atoms with Gasteiger partial charge in [0.2, 0.25) is 5.91 Å². The summed E-state index contributed by atoms with van der Waals surface area (Å²) in [5.74, 6) is -0.850. The zero-order valence-corrected chi connectivity index (χ0v) is 25.3. The molecule has 2 amide bonds. The fourth-order valence-corrected chi connectivity index (χ4v) is 7.50. The molecule has 0 bridgehead atoms. The highest BCUT2D eigenvalue weighted by Gasteiger charge is 2.28. The van der Waals surface area contributed by atoms with Gasteiger partial charge >= 0.3 is 5.97 Å². The molecule has 40 heavy (non-hydrogen) atoms. The van der Waals surface area contributed by atoms with Gasteiger partial charge in [0, 0.05) is 52.2 Å². The Morgan fingerprint density at radius 1 is 1.00 bits per heavy atom. The van der Waals surface area contributed by atoms with Crippen molar-refractivity contribution >= 4 is 78.7 Å². The molecule has 2 aromatic carbocycles. The van der Waals surface area contributed by atoms with Gasteiger partial charge in [-0.15, -0.1) is 22.7 Å². The summed E-state index contributed by atoms with van der Waals surface area (Å²) in [4.78, 5) is 43.2. The third kappa shape index (κ3) is 5.75. The number of hydrogen-bond acceptors (Lipinski definition) is 7. The number of carbonyl (C=O) groups is 3. The molecule has 1 aliphatic rings. The summed E-state index contributed by atoms with van der Waals surface area (Å²) in [5.41, 5.74) is 4.12. The zero-order valence-electron chi connectivity index (χ0n) is 22.2. The average Bonchev–Trinajstić information content (AvgIpc) is 3.49. The van der Waals surface area contributed by atoms with E-state index in [0.717, 1.165) is 32.3 Å². The number of thiophene rings is 2. The summed E-state index contributed by atoms with van der Waals surface area (Å²) in [6, 6.07) is 11.5. The monoisotopic (exact) mass is 615 g/mol. The molecule has 1 aliphatic heterocycles. The molecule has 2 aromatic heterocycles. The van der Waals surface area contributed by atoms with E-state index in [9.17, 15) is 14.4 Å². The van der Waals surface area contributed by atoms with Gasteiger partial charge in [-0.25, -0.2) is 4.79 Å². The maximum Gasteiger partial charge on any atom is 0.341 e. The quantitative estimate of drug-likeness (QED) is 0.243. The topological polar surface area (TPSA) is 79.0 Å². The largest absolute Gasteiger partial charge is 0.465 e. The number of halogens is 2. The fraction of sp³-hybridized carbons (Fsp3) is 0.276. The summed E-state index contributed by atoms with van der Waals surface area (Å²) in [5, 5.41) is 7.11. The fourth-order valence-electron chi connectivity index (χ4n) is 4.78. The van der Waals surface area contributed by atoms with Crippen molar-refractivity contribution in [1.82, 2.24) is 9.80 Å². The number of hydrogen-bond donors (Lipinski definition) is 1. The van der Waals surface area contributed by atoms with E-state index in [0.29, 0.717) is 51.7 Å². The molecule has 1 saturated heterocycles. The molecule has 0 atom stereocenters. The number of benzene rings is 2. The lowest BCUT2D eigenvalue weighted by atomic mass is 9.97. The molecule has 4 aromatic rings. The first-order valence-corrected chi connectivity index (χ1v) is 15.1. The highest BCUT2D eigenvalue weighted by molar-refractivity contribution is 7.21. The second-order valence-electron chi connectivity index (χ2n) is 9.67. The van der Waals surface area contributed by atoms with Crippen LogP contribution in [-0.2, 0) is 9.53 Å². The van der Waals surface area contributed by atoms with E-state index in [1.54, 1.807) is 11.0 Å². The minimum Gasteiger partial charge on any atom is -0.465 e. The van der Waals surface area contributed by atoms with Crippen molar-refractivity contribution in [3.05, 3.63) is 73.4 Å². The Labute approximate surface area is 250 Å². The van der Waals surface area contributed by atoms with E-state index in [-0.39, 0.29) is 18.4 Å². The first kappa shape index (κ1) is 28.6. The number of piperazine rings is 1. The number of anilines is 1. The van der Waals surface area contributed by atoms with Gasteiger partial charge in [0.1, 0.15) is 15.4 Å². The highest BCUT2D eigenvalue weighted by atomic mass is 35.5. The molecular weight excluding hydrogens is 589 g/mol. The van der Waals surface area contributed by atoms with Crippen LogP contribution in [0.5, 0.6) is 0 Å². The van der Waals surface area contributed by atoms with Crippen molar-refractivity contribution < 1.29 is 19.1 Å². The van der Waals surface area contributed by atoms with Crippen LogP contribution < -0.4 is 5.32 Å². The number of ether oxygens (including phenoxy) is 1. The minimum atomic E-state index is -0.498. The summed E-state index contributed by atoms with van der Waals surface area (Å²) in [6.07, 6.45) is 0. The van der Waals surface area contributed by atoms with Crippen molar-refractivity contribution in [2.24, 2.45) is 0 Å². The first-order chi connectivity index (χ1) is 19.2. The second kappa shape index (κ2) is 11.9. The van der Waals surface area contributed by atoms with E-state index >= 15 is 0 Å². The summed E-state index contributed by atoms with van der Waals surface area (Å²) >= 11 is 15.3. The normalized spacial score (nSPS) is 14.0. The number of carbonyl (C=O) groups excluding carboxylic acids is 3. The number of nitrogens with one attached hydrogen (secondary N) is 1.